The standard InChI is InChI=1S/C22H29F3N4O5/c1-14(2)11-28-8-9-33-17(12-28)10-26-18(30)13-29-19(31)21(3,27-20(29)32)15-4-6-16(7-5-15)34-22(23,24)25/h4-7,14,17H,8-13H2,1-3H3,(H,26,30)(H,27,32). The summed E-state index contributed by atoms with van der Waals surface area (Å²) in [6, 6.07) is 3.85. The van der Waals surface area contributed by atoms with E-state index in [2.05, 4.69) is 34.1 Å². The number of carbonyl (C=O) groups is 3. The van der Waals surface area contributed by atoms with Crippen molar-refractivity contribution in [3.8, 4) is 5.75 Å². The Morgan fingerprint density at radius 1 is 1.29 bits per heavy atom. The van der Waals surface area contributed by atoms with Crippen LogP contribution in [0.25, 0.3) is 0 Å². The number of hydrogen-bond donors (Lipinski definition) is 2. The molecule has 0 aliphatic carbocycles. The van der Waals surface area contributed by atoms with E-state index in [0.717, 1.165) is 30.1 Å². The number of alkyl halides is 3. The number of benzene rings is 1. The number of hydrogen-bond acceptors (Lipinski definition) is 6. The molecule has 12 heteroatoms. The fraction of sp³-hybridized carbons (Fsp3) is 0.591. The van der Waals surface area contributed by atoms with Gasteiger partial charge in [0.2, 0.25) is 5.91 Å². The third-order valence-electron chi connectivity index (χ3n) is 5.62. The Kier molecular flexibility index (Phi) is 7.71. The lowest BCUT2D eigenvalue weighted by Crippen LogP contribution is -2.50. The average Bonchev–Trinajstić information content (AvgIpc) is 2.95. The number of morpholine rings is 1. The number of urea groups is 1. The molecule has 1 aromatic rings. The fourth-order valence-corrected chi connectivity index (χ4v) is 4.04. The van der Waals surface area contributed by atoms with E-state index in [4.69, 9.17) is 4.74 Å². The zero-order valence-electron chi connectivity index (χ0n) is 19.3. The summed E-state index contributed by atoms with van der Waals surface area (Å²) in [5.74, 6) is -1.15. The zero-order chi connectivity index (χ0) is 25.1. The number of ether oxygens (including phenoxy) is 2. The predicted molar refractivity (Wildman–Crippen MR) is 115 cm³/mol. The Labute approximate surface area is 195 Å². The molecule has 2 unspecified atom stereocenters. The largest absolute Gasteiger partial charge is 0.573 e. The number of imide groups is 1. The Morgan fingerprint density at radius 2 is 1.97 bits per heavy atom. The average molecular weight is 486 g/mol. The van der Waals surface area contributed by atoms with E-state index in [0.29, 0.717) is 19.1 Å². The summed E-state index contributed by atoms with van der Waals surface area (Å²) < 4.78 is 46.6. The molecule has 2 aliphatic rings. The van der Waals surface area contributed by atoms with E-state index in [1.165, 1.54) is 19.1 Å². The molecular weight excluding hydrogens is 457 g/mol. The Hall–Kier alpha value is -2.86. The SMILES string of the molecule is CC(C)CN1CCOC(CNC(=O)CN2C(=O)NC(C)(c3ccc(OC(F)(F)F)cc3)C2=O)C1. The van der Waals surface area contributed by atoms with E-state index in [1.54, 1.807) is 0 Å². The summed E-state index contributed by atoms with van der Waals surface area (Å²) >= 11 is 0. The van der Waals surface area contributed by atoms with Gasteiger partial charge in [-0.15, -0.1) is 13.2 Å². The molecule has 0 radical (unpaired) electrons. The molecule has 34 heavy (non-hydrogen) atoms. The maximum atomic E-state index is 13.0. The zero-order valence-corrected chi connectivity index (χ0v) is 19.3. The van der Waals surface area contributed by atoms with Crippen molar-refractivity contribution in [3.63, 3.8) is 0 Å². The fourth-order valence-electron chi connectivity index (χ4n) is 4.04. The van der Waals surface area contributed by atoms with Gasteiger partial charge in [0, 0.05) is 26.2 Å². The van der Waals surface area contributed by atoms with Crippen molar-refractivity contribution in [1.29, 1.82) is 0 Å². The van der Waals surface area contributed by atoms with Crippen molar-refractivity contribution >= 4 is 17.8 Å². The van der Waals surface area contributed by atoms with Crippen LogP contribution in [0.2, 0.25) is 0 Å². The summed E-state index contributed by atoms with van der Waals surface area (Å²) in [4.78, 5) is 40.9. The highest BCUT2D eigenvalue weighted by Crippen LogP contribution is 2.31. The number of nitrogens with zero attached hydrogens (tertiary/aromatic N) is 2. The predicted octanol–water partition coefficient (Wildman–Crippen LogP) is 1.83. The van der Waals surface area contributed by atoms with E-state index >= 15 is 0 Å². The lowest BCUT2D eigenvalue weighted by Gasteiger charge is -2.34. The van der Waals surface area contributed by atoms with Crippen LogP contribution in [0.1, 0.15) is 26.3 Å². The van der Waals surface area contributed by atoms with Gasteiger partial charge in [0.25, 0.3) is 5.91 Å². The normalized spacial score (nSPS) is 23.9. The first-order chi connectivity index (χ1) is 15.9. The number of amides is 4. The Balaban J connectivity index is 1.56. The molecule has 2 fully saturated rings. The second-order valence-corrected chi connectivity index (χ2v) is 8.97. The number of halogens is 3. The van der Waals surface area contributed by atoms with Gasteiger partial charge in [0.05, 0.1) is 12.7 Å². The van der Waals surface area contributed by atoms with Crippen molar-refractivity contribution in [2.45, 2.75) is 38.8 Å². The number of rotatable bonds is 8. The quantitative estimate of drug-likeness (QED) is 0.544. The van der Waals surface area contributed by atoms with Crippen LogP contribution in [0.4, 0.5) is 18.0 Å². The highest BCUT2D eigenvalue weighted by atomic mass is 19.4. The lowest BCUT2D eigenvalue weighted by atomic mass is 9.92. The van der Waals surface area contributed by atoms with Crippen LogP contribution in [0, 0.1) is 5.92 Å². The molecular formula is C22H29F3N4O5. The van der Waals surface area contributed by atoms with Crippen LogP contribution < -0.4 is 15.4 Å². The monoisotopic (exact) mass is 486 g/mol. The molecule has 0 spiro atoms. The molecule has 188 valence electrons. The van der Waals surface area contributed by atoms with Gasteiger partial charge in [0.1, 0.15) is 17.8 Å². The second-order valence-electron chi connectivity index (χ2n) is 8.97. The minimum Gasteiger partial charge on any atom is -0.406 e. The summed E-state index contributed by atoms with van der Waals surface area (Å²) in [6.45, 7) is 8.42. The van der Waals surface area contributed by atoms with E-state index in [1.807, 2.05) is 0 Å². The van der Waals surface area contributed by atoms with Crippen LogP contribution in [0.3, 0.4) is 0 Å². The summed E-state index contributed by atoms with van der Waals surface area (Å²) in [6.07, 6.45) is -5.04. The molecule has 1 aromatic carbocycles. The Bertz CT molecular complexity index is 909. The minimum absolute atomic E-state index is 0.192. The van der Waals surface area contributed by atoms with Gasteiger partial charge in [-0.05, 0) is 30.5 Å². The first-order valence-corrected chi connectivity index (χ1v) is 11.0. The molecule has 0 aromatic heterocycles. The topological polar surface area (TPSA) is 100 Å². The molecule has 3 rings (SSSR count). The van der Waals surface area contributed by atoms with E-state index in [9.17, 15) is 27.6 Å². The van der Waals surface area contributed by atoms with Crippen LogP contribution in [0.5, 0.6) is 5.75 Å². The first kappa shape index (κ1) is 25.8. The van der Waals surface area contributed by atoms with Crippen LogP contribution >= 0.6 is 0 Å². The molecule has 4 amide bonds. The third-order valence-corrected chi connectivity index (χ3v) is 5.62. The van der Waals surface area contributed by atoms with Gasteiger partial charge >= 0.3 is 12.4 Å². The molecule has 2 saturated heterocycles. The van der Waals surface area contributed by atoms with Crippen molar-refractivity contribution in [1.82, 2.24) is 20.4 Å². The van der Waals surface area contributed by atoms with Crippen LogP contribution in [-0.2, 0) is 19.9 Å². The van der Waals surface area contributed by atoms with Gasteiger partial charge in [-0.1, -0.05) is 26.0 Å². The molecule has 9 nitrogen and oxygen atoms in total. The van der Waals surface area contributed by atoms with E-state index in [-0.39, 0.29) is 18.2 Å². The molecule has 0 saturated carbocycles. The second kappa shape index (κ2) is 10.2. The van der Waals surface area contributed by atoms with Crippen molar-refractivity contribution in [2.75, 3.05) is 39.3 Å². The molecule has 2 atom stereocenters. The summed E-state index contributed by atoms with van der Waals surface area (Å²) in [5.41, 5.74) is -1.28. The van der Waals surface area contributed by atoms with Gasteiger partial charge in [0.15, 0.2) is 0 Å². The minimum atomic E-state index is -4.84. The van der Waals surface area contributed by atoms with Crippen LogP contribution in [-0.4, -0.2) is 79.4 Å². The first-order valence-electron chi connectivity index (χ1n) is 11.0. The van der Waals surface area contributed by atoms with Crippen molar-refractivity contribution in [2.24, 2.45) is 5.92 Å². The lowest BCUT2D eigenvalue weighted by molar-refractivity contribution is -0.274. The molecule has 2 heterocycles. The van der Waals surface area contributed by atoms with Gasteiger partial charge in [-0.2, -0.15) is 0 Å². The van der Waals surface area contributed by atoms with E-state index < -0.39 is 42.0 Å². The highest BCUT2D eigenvalue weighted by Gasteiger charge is 2.49. The highest BCUT2D eigenvalue weighted by molar-refractivity contribution is 6.09. The number of nitrogens with one attached hydrogen (secondary N) is 2. The van der Waals surface area contributed by atoms with Crippen molar-refractivity contribution in [3.05, 3.63) is 29.8 Å². The van der Waals surface area contributed by atoms with Gasteiger partial charge in [-0.3, -0.25) is 19.4 Å². The smallest absolute Gasteiger partial charge is 0.406 e. The maximum Gasteiger partial charge on any atom is 0.573 e. The van der Waals surface area contributed by atoms with Crippen LogP contribution in [0.15, 0.2) is 24.3 Å². The molecule has 0 bridgehead atoms. The van der Waals surface area contributed by atoms with Crippen molar-refractivity contribution < 1.29 is 37.0 Å². The summed E-state index contributed by atoms with van der Waals surface area (Å²) in [7, 11) is 0. The number of carbonyl (C=O) groups excluding carboxylic acids is 3. The Morgan fingerprint density at radius 3 is 2.59 bits per heavy atom. The third kappa shape index (κ3) is 6.38. The summed E-state index contributed by atoms with van der Waals surface area (Å²) in [5, 5.41) is 5.21. The maximum absolute atomic E-state index is 13.0. The van der Waals surface area contributed by atoms with Gasteiger partial charge < -0.3 is 20.1 Å². The molecule has 2 aliphatic heterocycles. The molecule has 2 N–H and O–H groups in total. The van der Waals surface area contributed by atoms with Gasteiger partial charge in [-0.25, -0.2) is 4.79 Å².